The van der Waals surface area contributed by atoms with E-state index in [1.54, 1.807) is 54.6 Å². The quantitative estimate of drug-likeness (QED) is 0.591. The molecule has 6 nitrogen and oxygen atoms in total. The molecule has 0 saturated carbocycles. The molecule has 1 heterocycles. The lowest BCUT2D eigenvalue weighted by atomic mass is 10.2. The second-order valence-electron chi connectivity index (χ2n) is 6.43. The number of carboxylic acids is 1. The Hall–Kier alpha value is -3.84. The lowest BCUT2D eigenvalue weighted by molar-refractivity contribution is -0.113. The minimum Gasteiger partial charge on any atom is -0.508 e. The zero-order valence-electron chi connectivity index (χ0n) is 15.6. The third-order valence-electron chi connectivity index (χ3n) is 4.31. The van der Waals surface area contributed by atoms with Crippen LogP contribution in [0.15, 0.2) is 88.8 Å². The topological polar surface area (TPSA) is 90.2 Å². The second-order valence-corrected chi connectivity index (χ2v) is 7.44. The Balaban J connectivity index is 1.78. The zero-order chi connectivity index (χ0) is 21.1. The van der Waals surface area contributed by atoms with Gasteiger partial charge in [-0.2, -0.15) is 0 Å². The van der Waals surface area contributed by atoms with Gasteiger partial charge in [0, 0.05) is 0 Å². The fourth-order valence-electron chi connectivity index (χ4n) is 2.94. The summed E-state index contributed by atoms with van der Waals surface area (Å²) >= 11 is 1.19. The number of anilines is 1. The summed E-state index contributed by atoms with van der Waals surface area (Å²) in [7, 11) is 0. The molecule has 1 saturated heterocycles. The van der Waals surface area contributed by atoms with E-state index in [4.69, 9.17) is 0 Å². The number of carbonyl (C=O) groups is 2. The number of phenols is 1. The van der Waals surface area contributed by atoms with E-state index in [0.29, 0.717) is 27.0 Å². The molecule has 30 heavy (non-hydrogen) atoms. The number of aliphatic imine (C=N–C) groups is 1. The van der Waals surface area contributed by atoms with Crippen LogP contribution in [0.2, 0.25) is 0 Å². The summed E-state index contributed by atoms with van der Waals surface area (Å²) in [4.78, 5) is 30.9. The van der Waals surface area contributed by atoms with Gasteiger partial charge in [0.2, 0.25) is 0 Å². The van der Waals surface area contributed by atoms with Crippen LogP contribution < -0.4 is 4.90 Å². The Morgan fingerprint density at radius 2 is 1.73 bits per heavy atom. The molecular formula is C23H16N2O4S. The number of benzene rings is 3. The number of hydrogen-bond donors (Lipinski definition) is 2. The van der Waals surface area contributed by atoms with Gasteiger partial charge in [-0.15, -0.1) is 0 Å². The highest BCUT2D eigenvalue weighted by Gasteiger charge is 2.34. The first-order valence-corrected chi connectivity index (χ1v) is 9.83. The predicted octanol–water partition coefficient (Wildman–Crippen LogP) is 4.90. The van der Waals surface area contributed by atoms with E-state index in [1.165, 1.54) is 28.8 Å². The van der Waals surface area contributed by atoms with E-state index < -0.39 is 5.97 Å². The lowest BCUT2D eigenvalue weighted by Gasteiger charge is -2.15. The number of thioether (sulfide) groups is 1. The molecule has 0 aliphatic carbocycles. The van der Waals surface area contributed by atoms with Crippen molar-refractivity contribution in [2.45, 2.75) is 0 Å². The smallest absolute Gasteiger partial charge is 0.335 e. The van der Waals surface area contributed by atoms with Crippen LogP contribution in [-0.4, -0.2) is 27.3 Å². The molecule has 0 spiro atoms. The predicted molar refractivity (Wildman–Crippen MR) is 118 cm³/mol. The third-order valence-corrected chi connectivity index (χ3v) is 5.28. The minimum atomic E-state index is -1.04. The number of amides is 1. The number of carboxylic acid groups (broad SMARTS) is 1. The van der Waals surface area contributed by atoms with Gasteiger partial charge in [-0.25, -0.2) is 9.79 Å². The summed E-state index contributed by atoms with van der Waals surface area (Å²) in [6.07, 6.45) is 1.69. The van der Waals surface area contributed by atoms with Gasteiger partial charge < -0.3 is 10.2 Å². The Kier molecular flexibility index (Phi) is 5.36. The van der Waals surface area contributed by atoms with Crippen LogP contribution >= 0.6 is 11.8 Å². The van der Waals surface area contributed by atoms with Gasteiger partial charge in [-0.3, -0.25) is 9.69 Å². The first-order chi connectivity index (χ1) is 14.5. The third kappa shape index (κ3) is 4.11. The first kappa shape index (κ1) is 19.5. The second kappa shape index (κ2) is 8.26. The summed E-state index contributed by atoms with van der Waals surface area (Å²) in [5, 5.41) is 19.3. The number of carbonyl (C=O) groups excluding carboxylic acids is 1. The van der Waals surface area contributed by atoms with Gasteiger partial charge in [-0.1, -0.05) is 36.4 Å². The minimum absolute atomic E-state index is 0.110. The Bertz CT molecular complexity index is 1190. The lowest BCUT2D eigenvalue weighted by Crippen LogP contribution is -2.28. The van der Waals surface area contributed by atoms with Crippen LogP contribution in [0.3, 0.4) is 0 Å². The molecule has 0 bridgehead atoms. The molecule has 0 radical (unpaired) electrons. The maximum atomic E-state index is 13.2. The molecule has 3 aromatic carbocycles. The molecule has 2 N–H and O–H groups in total. The summed E-state index contributed by atoms with van der Waals surface area (Å²) in [6, 6.07) is 22.0. The molecule has 1 aliphatic rings. The van der Waals surface area contributed by atoms with Gasteiger partial charge in [0.05, 0.1) is 21.8 Å². The molecule has 1 fully saturated rings. The van der Waals surface area contributed by atoms with E-state index in [1.807, 2.05) is 18.2 Å². The average Bonchev–Trinajstić information content (AvgIpc) is 3.03. The van der Waals surface area contributed by atoms with Crippen LogP contribution in [0.5, 0.6) is 5.75 Å². The molecular weight excluding hydrogens is 400 g/mol. The fourth-order valence-corrected chi connectivity index (χ4v) is 3.94. The average molecular weight is 416 g/mol. The maximum absolute atomic E-state index is 13.2. The normalized spacial score (nSPS) is 16.4. The first-order valence-electron chi connectivity index (χ1n) is 9.01. The summed E-state index contributed by atoms with van der Waals surface area (Å²) < 4.78 is 0. The van der Waals surface area contributed by atoms with Crippen molar-refractivity contribution >= 4 is 46.3 Å². The molecule has 0 aromatic heterocycles. The molecule has 0 atom stereocenters. The number of amidine groups is 1. The molecule has 0 unspecified atom stereocenters. The highest BCUT2D eigenvalue weighted by molar-refractivity contribution is 8.19. The number of para-hydroxylation sites is 1. The Morgan fingerprint density at radius 3 is 2.47 bits per heavy atom. The summed E-state index contributed by atoms with van der Waals surface area (Å²) in [5.41, 5.74) is 1.90. The van der Waals surface area contributed by atoms with Gasteiger partial charge in [-0.05, 0) is 65.9 Å². The van der Waals surface area contributed by atoms with Crippen molar-refractivity contribution in [1.29, 1.82) is 0 Å². The number of hydrogen-bond acceptors (Lipinski definition) is 5. The SMILES string of the molecule is O=C(O)c1cccc(N=C2S/C(=C\c3cccc(O)c3)C(=O)N2c2ccccc2)c1. The van der Waals surface area contributed by atoms with E-state index in [2.05, 4.69) is 4.99 Å². The fraction of sp³-hybridized carbons (Fsp3) is 0. The zero-order valence-corrected chi connectivity index (χ0v) is 16.4. The largest absolute Gasteiger partial charge is 0.508 e. The van der Waals surface area contributed by atoms with Crippen molar-refractivity contribution in [3.63, 3.8) is 0 Å². The van der Waals surface area contributed by atoms with Crippen molar-refractivity contribution < 1.29 is 19.8 Å². The molecule has 1 amide bonds. The highest BCUT2D eigenvalue weighted by Crippen LogP contribution is 2.37. The summed E-state index contributed by atoms with van der Waals surface area (Å²) in [5.74, 6) is -1.18. The Morgan fingerprint density at radius 1 is 0.967 bits per heavy atom. The maximum Gasteiger partial charge on any atom is 0.335 e. The van der Waals surface area contributed by atoms with Crippen LogP contribution in [0.1, 0.15) is 15.9 Å². The van der Waals surface area contributed by atoms with Crippen LogP contribution in [0.25, 0.3) is 6.08 Å². The van der Waals surface area contributed by atoms with Crippen LogP contribution in [0, 0.1) is 0 Å². The molecule has 7 heteroatoms. The van der Waals surface area contributed by atoms with Crippen LogP contribution in [0.4, 0.5) is 11.4 Å². The van der Waals surface area contributed by atoms with Crippen molar-refractivity contribution in [1.82, 2.24) is 0 Å². The van der Waals surface area contributed by atoms with Gasteiger partial charge in [0.15, 0.2) is 5.17 Å². The van der Waals surface area contributed by atoms with Crippen molar-refractivity contribution in [3.05, 3.63) is 94.9 Å². The number of aromatic hydroxyl groups is 1. The monoisotopic (exact) mass is 416 g/mol. The van der Waals surface area contributed by atoms with E-state index in [9.17, 15) is 19.8 Å². The Labute approximate surface area is 176 Å². The van der Waals surface area contributed by atoms with E-state index in [0.717, 1.165) is 0 Å². The molecule has 3 aromatic rings. The van der Waals surface area contributed by atoms with E-state index in [-0.39, 0.29) is 17.2 Å². The molecule has 4 rings (SSSR count). The molecule has 1 aliphatic heterocycles. The standard InChI is InChI=1S/C23H16N2O4S/c26-19-11-4-6-15(12-19)13-20-21(27)25(18-9-2-1-3-10-18)23(30-20)24-17-8-5-7-16(14-17)22(28)29/h1-14,26H,(H,28,29)/b20-13-,24-23?. The van der Waals surface area contributed by atoms with Crippen LogP contribution in [-0.2, 0) is 4.79 Å². The van der Waals surface area contributed by atoms with Gasteiger partial charge in [0.1, 0.15) is 5.75 Å². The number of rotatable bonds is 4. The number of aromatic carboxylic acids is 1. The molecule has 148 valence electrons. The van der Waals surface area contributed by atoms with Crippen molar-refractivity contribution in [3.8, 4) is 5.75 Å². The van der Waals surface area contributed by atoms with Gasteiger partial charge >= 0.3 is 5.97 Å². The van der Waals surface area contributed by atoms with Crippen molar-refractivity contribution in [2.75, 3.05) is 4.90 Å². The highest BCUT2D eigenvalue weighted by atomic mass is 32.2. The van der Waals surface area contributed by atoms with Gasteiger partial charge in [0.25, 0.3) is 5.91 Å². The summed E-state index contributed by atoms with van der Waals surface area (Å²) in [6.45, 7) is 0. The van der Waals surface area contributed by atoms with Crippen molar-refractivity contribution in [2.24, 2.45) is 4.99 Å². The number of phenolic OH excluding ortho intramolecular Hbond substituents is 1. The van der Waals surface area contributed by atoms with E-state index >= 15 is 0 Å². The number of nitrogens with zero attached hydrogens (tertiary/aromatic N) is 2.